The van der Waals surface area contributed by atoms with E-state index in [1.807, 2.05) is 25.1 Å². The maximum absolute atomic E-state index is 11.6. The van der Waals surface area contributed by atoms with Crippen molar-refractivity contribution in [1.82, 2.24) is 10.5 Å². The van der Waals surface area contributed by atoms with Crippen LogP contribution in [0.2, 0.25) is 0 Å². The van der Waals surface area contributed by atoms with Crippen molar-refractivity contribution < 1.29 is 9.32 Å². The van der Waals surface area contributed by atoms with Gasteiger partial charge in [0, 0.05) is 18.3 Å². The standard InChI is InChI=1S/C12H13N3O2/c1-8-9(3-2-4-10(8)13)7-14-12(16)11-5-6-17-15-11/h2-6H,7,13H2,1H3,(H,14,16). The lowest BCUT2D eigenvalue weighted by Gasteiger charge is -2.08. The normalized spacial score (nSPS) is 10.2. The summed E-state index contributed by atoms with van der Waals surface area (Å²) in [6.07, 6.45) is 1.36. The molecule has 0 aliphatic rings. The van der Waals surface area contributed by atoms with Crippen LogP contribution in [0.25, 0.3) is 0 Å². The van der Waals surface area contributed by atoms with Crippen LogP contribution in [-0.4, -0.2) is 11.1 Å². The van der Waals surface area contributed by atoms with Crippen molar-refractivity contribution in [2.75, 3.05) is 5.73 Å². The van der Waals surface area contributed by atoms with Gasteiger partial charge in [-0.1, -0.05) is 17.3 Å². The zero-order valence-corrected chi connectivity index (χ0v) is 9.43. The van der Waals surface area contributed by atoms with Crippen LogP contribution < -0.4 is 11.1 Å². The summed E-state index contributed by atoms with van der Waals surface area (Å²) in [6, 6.07) is 7.13. The van der Waals surface area contributed by atoms with E-state index in [-0.39, 0.29) is 11.6 Å². The fourth-order valence-electron chi connectivity index (χ4n) is 1.49. The Balaban J connectivity index is 2.03. The number of benzene rings is 1. The van der Waals surface area contributed by atoms with Gasteiger partial charge >= 0.3 is 0 Å². The second kappa shape index (κ2) is 4.69. The van der Waals surface area contributed by atoms with Gasteiger partial charge in [0.1, 0.15) is 6.26 Å². The third kappa shape index (κ3) is 2.44. The number of hydrogen-bond donors (Lipinski definition) is 2. The SMILES string of the molecule is Cc1c(N)cccc1CNC(=O)c1ccon1. The van der Waals surface area contributed by atoms with Crippen molar-refractivity contribution in [2.24, 2.45) is 0 Å². The molecule has 0 spiro atoms. The number of anilines is 1. The number of carbonyl (C=O) groups is 1. The number of nitrogens with two attached hydrogens (primary N) is 1. The van der Waals surface area contributed by atoms with Gasteiger partial charge in [-0.25, -0.2) is 0 Å². The number of carbonyl (C=O) groups excluding carboxylic acids is 1. The molecule has 0 saturated carbocycles. The molecule has 1 heterocycles. The third-order valence-corrected chi connectivity index (χ3v) is 2.60. The van der Waals surface area contributed by atoms with E-state index in [0.29, 0.717) is 6.54 Å². The topological polar surface area (TPSA) is 81.1 Å². The molecule has 0 aliphatic carbocycles. The van der Waals surface area contributed by atoms with Crippen molar-refractivity contribution >= 4 is 11.6 Å². The fraction of sp³-hybridized carbons (Fsp3) is 0.167. The van der Waals surface area contributed by atoms with Crippen LogP contribution in [0, 0.1) is 6.92 Å². The summed E-state index contributed by atoms with van der Waals surface area (Å²) >= 11 is 0. The predicted molar refractivity (Wildman–Crippen MR) is 63.3 cm³/mol. The first-order valence-electron chi connectivity index (χ1n) is 5.21. The van der Waals surface area contributed by atoms with Crippen LogP contribution in [0.3, 0.4) is 0 Å². The molecule has 0 saturated heterocycles. The zero-order valence-electron chi connectivity index (χ0n) is 9.43. The molecule has 0 fully saturated rings. The van der Waals surface area contributed by atoms with Gasteiger partial charge in [-0.15, -0.1) is 0 Å². The number of amides is 1. The van der Waals surface area contributed by atoms with Crippen LogP contribution >= 0.6 is 0 Å². The number of nitrogen functional groups attached to an aromatic ring is 1. The second-order valence-electron chi connectivity index (χ2n) is 3.70. The smallest absolute Gasteiger partial charge is 0.273 e. The van der Waals surface area contributed by atoms with Crippen molar-refractivity contribution in [1.29, 1.82) is 0 Å². The van der Waals surface area contributed by atoms with Crippen molar-refractivity contribution in [2.45, 2.75) is 13.5 Å². The Bertz CT molecular complexity index is 521. The van der Waals surface area contributed by atoms with Crippen LogP contribution in [0.4, 0.5) is 5.69 Å². The van der Waals surface area contributed by atoms with E-state index >= 15 is 0 Å². The van der Waals surface area contributed by atoms with Crippen molar-refractivity contribution in [3.63, 3.8) is 0 Å². The third-order valence-electron chi connectivity index (χ3n) is 2.60. The van der Waals surface area contributed by atoms with E-state index in [1.165, 1.54) is 12.3 Å². The molecule has 0 atom stereocenters. The summed E-state index contributed by atoms with van der Waals surface area (Å²) in [6.45, 7) is 2.34. The Morgan fingerprint density at radius 3 is 3.00 bits per heavy atom. The fourth-order valence-corrected chi connectivity index (χ4v) is 1.49. The molecule has 2 aromatic rings. The lowest BCUT2D eigenvalue weighted by Crippen LogP contribution is -2.23. The van der Waals surface area contributed by atoms with E-state index in [9.17, 15) is 4.79 Å². The highest BCUT2D eigenvalue weighted by Gasteiger charge is 2.09. The monoisotopic (exact) mass is 231 g/mol. The number of nitrogens with one attached hydrogen (secondary N) is 1. The molecule has 1 amide bonds. The summed E-state index contributed by atoms with van der Waals surface area (Å²) in [7, 11) is 0. The van der Waals surface area contributed by atoms with E-state index in [2.05, 4.69) is 15.0 Å². The van der Waals surface area contributed by atoms with Gasteiger partial charge in [0.05, 0.1) is 0 Å². The number of rotatable bonds is 3. The molecular formula is C12H13N3O2. The zero-order chi connectivity index (χ0) is 12.3. The number of nitrogens with zero attached hydrogens (tertiary/aromatic N) is 1. The molecular weight excluding hydrogens is 218 g/mol. The minimum Gasteiger partial charge on any atom is -0.399 e. The van der Waals surface area contributed by atoms with Crippen LogP contribution in [-0.2, 0) is 6.54 Å². The molecule has 1 aromatic carbocycles. The average molecular weight is 231 g/mol. The first kappa shape index (κ1) is 11.2. The second-order valence-corrected chi connectivity index (χ2v) is 3.70. The highest BCUT2D eigenvalue weighted by molar-refractivity contribution is 5.91. The first-order valence-corrected chi connectivity index (χ1v) is 5.21. The van der Waals surface area contributed by atoms with Crippen molar-refractivity contribution in [3.8, 4) is 0 Å². The molecule has 1 aromatic heterocycles. The van der Waals surface area contributed by atoms with Gasteiger partial charge < -0.3 is 15.6 Å². The van der Waals surface area contributed by atoms with Gasteiger partial charge in [-0.05, 0) is 24.1 Å². The Labute approximate surface area is 98.6 Å². The predicted octanol–water partition coefficient (Wildman–Crippen LogP) is 1.50. The summed E-state index contributed by atoms with van der Waals surface area (Å²) < 4.78 is 4.60. The molecule has 5 nitrogen and oxygen atoms in total. The van der Waals surface area contributed by atoms with Gasteiger partial charge in [0.2, 0.25) is 0 Å². The highest BCUT2D eigenvalue weighted by Crippen LogP contribution is 2.15. The molecule has 0 bridgehead atoms. The Kier molecular flexibility index (Phi) is 3.09. The molecule has 17 heavy (non-hydrogen) atoms. The summed E-state index contributed by atoms with van der Waals surface area (Å²) in [5.74, 6) is -0.263. The number of hydrogen-bond acceptors (Lipinski definition) is 4. The van der Waals surface area contributed by atoms with Crippen LogP contribution in [0.15, 0.2) is 35.1 Å². The van der Waals surface area contributed by atoms with Gasteiger partial charge in [0.25, 0.3) is 5.91 Å². The Hall–Kier alpha value is -2.30. The molecule has 0 unspecified atom stereocenters. The molecule has 2 rings (SSSR count). The lowest BCUT2D eigenvalue weighted by molar-refractivity contribution is 0.0942. The first-order chi connectivity index (χ1) is 8.18. The average Bonchev–Trinajstić information content (AvgIpc) is 2.84. The summed E-state index contributed by atoms with van der Waals surface area (Å²) in [4.78, 5) is 11.6. The minimum absolute atomic E-state index is 0.263. The highest BCUT2D eigenvalue weighted by atomic mass is 16.5. The molecule has 88 valence electrons. The molecule has 3 N–H and O–H groups in total. The van der Waals surface area contributed by atoms with E-state index in [1.54, 1.807) is 0 Å². The van der Waals surface area contributed by atoms with E-state index < -0.39 is 0 Å². The van der Waals surface area contributed by atoms with Gasteiger partial charge in [-0.3, -0.25) is 4.79 Å². The Morgan fingerprint density at radius 2 is 2.29 bits per heavy atom. The quantitative estimate of drug-likeness (QED) is 0.784. The minimum atomic E-state index is -0.263. The lowest BCUT2D eigenvalue weighted by atomic mass is 10.1. The maximum atomic E-state index is 11.6. The molecule has 5 heteroatoms. The van der Waals surface area contributed by atoms with Crippen LogP contribution in [0.5, 0.6) is 0 Å². The maximum Gasteiger partial charge on any atom is 0.273 e. The van der Waals surface area contributed by atoms with Gasteiger partial charge in [-0.2, -0.15) is 0 Å². The van der Waals surface area contributed by atoms with E-state index in [4.69, 9.17) is 5.73 Å². The van der Waals surface area contributed by atoms with Gasteiger partial charge in [0.15, 0.2) is 5.69 Å². The summed E-state index contributed by atoms with van der Waals surface area (Å²) in [5, 5.41) is 6.31. The van der Waals surface area contributed by atoms with E-state index in [0.717, 1.165) is 16.8 Å². The summed E-state index contributed by atoms with van der Waals surface area (Å²) in [5.41, 5.74) is 8.74. The molecule has 0 aliphatic heterocycles. The largest absolute Gasteiger partial charge is 0.399 e. The van der Waals surface area contributed by atoms with Crippen molar-refractivity contribution in [3.05, 3.63) is 47.3 Å². The van der Waals surface area contributed by atoms with Crippen LogP contribution in [0.1, 0.15) is 21.6 Å². The number of aromatic nitrogens is 1. The Morgan fingerprint density at radius 1 is 1.47 bits per heavy atom. The molecule has 0 radical (unpaired) electrons.